The predicted molar refractivity (Wildman–Crippen MR) is 73.7 cm³/mol. The number of thiol groups is 1. The van der Waals surface area contributed by atoms with E-state index < -0.39 is 0 Å². The SMILES string of the molecule is CC1CCC2C(C)(C)C2(OCNC(=S)S)C1. The largest absolute Gasteiger partial charge is 0.354 e. The van der Waals surface area contributed by atoms with Gasteiger partial charge in [0.15, 0.2) is 0 Å². The van der Waals surface area contributed by atoms with Gasteiger partial charge in [-0.3, -0.25) is 0 Å². The standard InChI is InChI=1S/C12H21NOS2/c1-8-4-5-9-11(2,3)12(9,6-8)14-7-13-10(15)16/h8-9H,4-7H2,1-3H3,(H2,13,15,16). The highest BCUT2D eigenvalue weighted by Crippen LogP contribution is 2.70. The summed E-state index contributed by atoms with van der Waals surface area (Å²) in [5.41, 5.74) is 0.424. The average Bonchev–Trinajstić information content (AvgIpc) is 2.61. The van der Waals surface area contributed by atoms with Gasteiger partial charge in [-0.1, -0.05) is 39.4 Å². The monoisotopic (exact) mass is 259 g/mol. The van der Waals surface area contributed by atoms with Crippen molar-refractivity contribution >= 4 is 29.2 Å². The number of fused-ring (bicyclic) bond motifs is 1. The zero-order valence-electron chi connectivity index (χ0n) is 10.2. The first-order valence-corrected chi connectivity index (χ1v) is 6.86. The van der Waals surface area contributed by atoms with E-state index in [1.807, 2.05) is 0 Å². The van der Waals surface area contributed by atoms with Crippen molar-refractivity contribution in [3.8, 4) is 0 Å². The molecule has 2 fully saturated rings. The first-order chi connectivity index (χ1) is 7.40. The zero-order chi connectivity index (χ0) is 12.0. The summed E-state index contributed by atoms with van der Waals surface area (Å²) in [5, 5.41) is 2.97. The van der Waals surface area contributed by atoms with Crippen LogP contribution in [0, 0.1) is 17.3 Å². The maximum Gasteiger partial charge on any atom is 0.132 e. The van der Waals surface area contributed by atoms with Crippen LogP contribution in [0.5, 0.6) is 0 Å². The van der Waals surface area contributed by atoms with Crippen LogP contribution in [0.1, 0.15) is 40.0 Å². The molecule has 3 atom stereocenters. The van der Waals surface area contributed by atoms with Crippen LogP contribution in [0.2, 0.25) is 0 Å². The number of rotatable bonds is 3. The van der Waals surface area contributed by atoms with Gasteiger partial charge in [-0.2, -0.15) is 0 Å². The smallest absolute Gasteiger partial charge is 0.132 e. The van der Waals surface area contributed by atoms with Crippen LogP contribution in [-0.2, 0) is 4.74 Å². The highest BCUT2D eigenvalue weighted by Gasteiger charge is 2.73. The fourth-order valence-electron chi connectivity index (χ4n) is 3.57. The first-order valence-electron chi connectivity index (χ1n) is 6.01. The maximum absolute atomic E-state index is 6.09. The van der Waals surface area contributed by atoms with Gasteiger partial charge in [-0.25, -0.2) is 0 Å². The van der Waals surface area contributed by atoms with Crippen molar-refractivity contribution in [3.63, 3.8) is 0 Å². The van der Waals surface area contributed by atoms with E-state index in [4.69, 9.17) is 17.0 Å². The molecular weight excluding hydrogens is 238 g/mol. The molecule has 0 aromatic heterocycles. The molecule has 0 bridgehead atoms. The number of thiocarbonyl (C=S) groups is 1. The van der Waals surface area contributed by atoms with Crippen molar-refractivity contribution in [2.45, 2.75) is 45.6 Å². The third-order valence-electron chi connectivity index (χ3n) is 4.59. The summed E-state index contributed by atoms with van der Waals surface area (Å²) in [7, 11) is 0. The van der Waals surface area contributed by atoms with Crippen LogP contribution >= 0.6 is 24.8 Å². The minimum atomic E-state index is 0.0935. The lowest BCUT2D eigenvalue weighted by Gasteiger charge is -2.28. The summed E-state index contributed by atoms with van der Waals surface area (Å²) in [6.07, 6.45) is 3.84. The Balaban J connectivity index is 1.97. The highest BCUT2D eigenvalue weighted by atomic mass is 32.1. The first kappa shape index (κ1) is 12.7. The van der Waals surface area contributed by atoms with E-state index >= 15 is 0 Å². The van der Waals surface area contributed by atoms with Gasteiger partial charge in [0.05, 0.1) is 5.60 Å². The highest BCUT2D eigenvalue weighted by molar-refractivity contribution is 8.11. The molecule has 1 N–H and O–H groups in total. The van der Waals surface area contributed by atoms with Gasteiger partial charge in [-0.15, -0.1) is 12.6 Å². The molecule has 92 valence electrons. The van der Waals surface area contributed by atoms with E-state index in [1.54, 1.807) is 0 Å². The molecule has 2 nitrogen and oxygen atoms in total. The maximum atomic E-state index is 6.09. The van der Waals surface area contributed by atoms with Crippen molar-refractivity contribution in [1.29, 1.82) is 0 Å². The summed E-state index contributed by atoms with van der Waals surface area (Å²) in [6, 6.07) is 0. The van der Waals surface area contributed by atoms with Crippen LogP contribution < -0.4 is 5.32 Å². The lowest BCUT2D eigenvalue weighted by atomic mass is 9.88. The molecule has 4 heteroatoms. The van der Waals surface area contributed by atoms with Crippen molar-refractivity contribution in [3.05, 3.63) is 0 Å². The van der Waals surface area contributed by atoms with E-state index in [0.717, 1.165) is 11.8 Å². The number of ether oxygens (including phenoxy) is 1. The second-order valence-electron chi connectivity index (χ2n) is 5.82. The van der Waals surface area contributed by atoms with Gasteiger partial charge in [-0.05, 0) is 30.1 Å². The van der Waals surface area contributed by atoms with Crippen molar-refractivity contribution in [2.75, 3.05) is 6.73 Å². The Hall–Kier alpha value is 0.200. The molecule has 2 saturated carbocycles. The summed E-state index contributed by atoms with van der Waals surface area (Å²) in [4.78, 5) is 0. The molecule has 0 spiro atoms. The van der Waals surface area contributed by atoms with Crippen LogP contribution in [0.25, 0.3) is 0 Å². The molecule has 2 rings (SSSR count). The summed E-state index contributed by atoms with van der Waals surface area (Å²) in [6.45, 7) is 7.48. The molecule has 16 heavy (non-hydrogen) atoms. The molecule has 0 aromatic carbocycles. The van der Waals surface area contributed by atoms with Gasteiger partial charge in [0.25, 0.3) is 0 Å². The number of hydrogen-bond acceptors (Lipinski definition) is 2. The normalized spacial score (nSPS) is 40.0. The third kappa shape index (κ3) is 1.89. The molecule has 0 amide bonds. The van der Waals surface area contributed by atoms with E-state index in [1.165, 1.54) is 19.3 Å². The molecule has 3 unspecified atom stereocenters. The van der Waals surface area contributed by atoms with E-state index in [2.05, 4.69) is 38.7 Å². The predicted octanol–water partition coefficient (Wildman–Crippen LogP) is 2.98. The molecule has 0 aromatic rings. The molecular formula is C12H21NOS2. The lowest BCUT2D eigenvalue weighted by molar-refractivity contribution is -0.0278. The van der Waals surface area contributed by atoms with Gasteiger partial charge >= 0.3 is 0 Å². The van der Waals surface area contributed by atoms with Crippen molar-refractivity contribution in [1.82, 2.24) is 5.32 Å². The Morgan fingerprint density at radius 2 is 2.19 bits per heavy atom. The van der Waals surface area contributed by atoms with Gasteiger partial charge in [0.1, 0.15) is 11.1 Å². The Labute approximate surface area is 109 Å². The zero-order valence-corrected chi connectivity index (χ0v) is 12.0. The number of nitrogens with one attached hydrogen (secondary N) is 1. The lowest BCUT2D eigenvalue weighted by Crippen LogP contribution is -2.32. The van der Waals surface area contributed by atoms with Gasteiger partial charge in [0.2, 0.25) is 0 Å². The van der Waals surface area contributed by atoms with Crippen LogP contribution in [0.3, 0.4) is 0 Å². The van der Waals surface area contributed by atoms with Crippen LogP contribution in [0.15, 0.2) is 0 Å². The molecule has 0 aliphatic heterocycles. The molecule has 2 aliphatic rings. The fourth-order valence-corrected chi connectivity index (χ4v) is 3.69. The molecule has 0 saturated heterocycles. The third-order valence-corrected chi connectivity index (χ3v) is 4.90. The van der Waals surface area contributed by atoms with Crippen molar-refractivity contribution < 1.29 is 4.74 Å². The van der Waals surface area contributed by atoms with E-state index in [-0.39, 0.29) is 5.60 Å². The number of hydrogen-bond donors (Lipinski definition) is 2. The molecule has 0 radical (unpaired) electrons. The Bertz CT molecular complexity index is 305. The van der Waals surface area contributed by atoms with Crippen LogP contribution in [0.4, 0.5) is 0 Å². The Kier molecular flexibility index (Phi) is 3.28. The topological polar surface area (TPSA) is 21.3 Å². The quantitative estimate of drug-likeness (QED) is 0.462. The summed E-state index contributed by atoms with van der Waals surface area (Å²) in [5.74, 6) is 1.51. The molecule has 0 heterocycles. The fraction of sp³-hybridized carbons (Fsp3) is 0.917. The Morgan fingerprint density at radius 3 is 2.81 bits per heavy atom. The van der Waals surface area contributed by atoms with Gasteiger partial charge < -0.3 is 10.1 Å². The van der Waals surface area contributed by atoms with Gasteiger partial charge in [0, 0.05) is 0 Å². The minimum Gasteiger partial charge on any atom is -0.354 e. The van der Waals surface area contributed by atoms with E-state index in [9.17, 15) is 0 Å². The summed E-state index contributed by atoms with van der Waals surface area (Å²) >= 11 is 8.90. The van der Waals surface area contributed by atoms with Crippen molar-refractivity contribution in [2.24, 2.45) is 17.3 Å². The van der Waals surface area contributed by atoms with E-state index in [0.29, 0.717) is 16.5 Å². The average molecular weight is 259 g/mol. The second-order valence-corrected chi connectivity index (χ2v) is 6.98. The summed E-state index contributed by atoms with van der Waals surface area (Å²) < 4.78 is 6.60. The second kappa shape index (κ2) is 4.14. The van der Waals surface area contributed by atoms with Crippen LogP contribution in [-0.4, -0.2) is 16.7 Å². The molecule has 2 aliphatic carbocycles. The Morgan fingerprint density at radius 1 is 1.50 bits per heavy atom. The minimum absolute atomic E-state index is 0.0935.